The lowest BCUT2D eigenvalue weighted by molar-refractivity contribution is 0.0592. The summed E-state index contributed by atoms with van der Waals surface area (Å²) in [5.74, 6) is -0.501. The molecular formula is C8H9N3O2. The van der Waals surface area contributed by atoms with E-state index in [0.29, 0.717) is 5.56 Å². The van der Waals surface area contributed by atoms with Crippen molar-refractivity contribution in [3.8, 4) is 0 Å². The normalized spacial score (nSPS) is 9.31. The summed E-state index contributed by atoms with van der Waals surface area (Å²) in [6.45, 7) is 6.83. The van der Waals surface area contributed by atoms with Gasteiger partial charge in [-0.3, -0.25) is 4.68 Å². The zero-order valence-electron chi connectivity index (χ0n) is 7.44. The van der Waals surface area contributed by atoms with Gasteiger partial charge in [0.05, 0.1) is 12.7 Å². The lowest BCUT2D eigenvalue weighted by atomic mass is 10.2. The smallest absolute Gasteiger partial charge is 0.359 e. The summed E-state index contributed by atoms with van der Waals surface area (Å²) in [6.07, 6.45) is 1.64. The van der Waals surface area contributed by atoms with Gasteiger partial charge in [0.25, 0.3) is 0 Å². The lowest BCUT2D eigenvalue weighted by Gasteiger charge is -1.93. The first-order valence-corrected chi connectivity index (χ1v) is 3.63. The van der Waals surface area contributed by atoms with E-state index in [2.05, 4.69) is 14.7 Å². The molecule has 0 aliphatic carbocycles. The molecule has 0 saturated carbocycles. The molecule has 1 aromatic rings. The first kappa shape index (κ1) is 9.26. The Kier molecular flexibility index (Phi) is 2.65. The largest absolute Gasteiger partial charge is 0.464 e. The lowest BCUT2D eigenvalue weighted by Crippen LogP contribution is -2.05. The minimum atomic E-state index is -0.501. The van der Waals surface area contributed by atoms with Crippen LogP contribution >= 0.6 is 0 Å². The molecule has 0 amide bonds. The van der Waals surface area contributed by atoms with Crippen LogP contribution in [0.15, 0.2) is 6.20 Å². The second-order valence-electron chi connectivity index (χ2n) is 2.48. The Balaban J connectivity index is 3.05. The minimum absolute atomic E-state index is 0.151. The van der Waals surface area contributed by atoms with E-state index in [1.165, 1.54) is 11.8 Å². The van der Waals surface area contributed by atoms with E-state index in [4.69, 9.17) is 6.57 Å². The predicted octanol–water partition coefficient (Wildman–Crippen LogP) is 0.626. The van der Waals surface area contributed by atoms with Crippen molar-refractivity contribution < 1.29 is 9.53 Å². The Morgan fingerprint density at radius 2 is 2.54 bits per heavy atom. The van der Waals surface area contributed by atoms with Gasteiger partial charge in [-0.25, -0.2) is 11.4 Å². The van der Waals surface area contributed by atoms with E-state index >= 15 is 0 Å². The van der Waals surface area contributed by atoms with Crippen molar-refractivity contribution in [1.82, 2.24) is 9.78 Å². The molecule has 0 spiro atoms. The second-order valence-corrected chi connectivity index (χ2v) is 2.48. The molecule has 0 unspecified atom stereocenters. The first-order valence-electron chi connectivity index (χ1n) is 3.63. The highest BCUT2D eigenvalue weighted by atomic mass is 16.5. The van der Waals surface area contributed by atoms with Gasteiger partial charge in [-0.15, -0.1) is 0 Å². The highest BCUT2D eigenvalue weighted by Crippen LogP contribution is 2.08. The third-order valence-corrected chi connectivity index (χ3v) is 1.53. The Labute approximate surface area is 75.7 Å². The summed E-state index contributed by atoms with van der Waals surface area (Å²) >= 11 is 0. The van der Waals surface area contributed by atoms with Gasteiger partial charge < -0.3 is 9.58 Å². The fraction of sp³-hybridized carbons (Fsp3) is 0.375. The molecule has 5 heteroatoms. The van der Waals surface area contributed by atoms with Crippen LogP contribution in [-0.2, 0) is 18.3 Å². The quantitative estimate of drug-likeness (QED) is 0.494. The van der Waals surface area contributed by atoms with Gasteiger partial charge >= 0.3 is 5.97 Å². The zero-order chi connectivity index (χ0) is 9.84. The van der Waals surface area contributed by atoms with Crippen LogP contribution in [0.5, 0.6) is 0 Å². The molecule has 5 nitrogen and oxygen atoms in total. The topological polar surface area (TPSA) is 48.5 Å². The number of ether oxygens (including phenoxy) is 1. The van der Waals surface area contributed by atoms with Crippen LogP contribution in [-0.4, -0.2) is 22.9 Å². The number of hydrogen-bond acceptors (Lipinski definition) is 3. The number of carbonyl (C=O) groups is 1. The van der Waals surface area contributed by atoms with Gasteiger partial charge in [0.15, 0.2) is 5.69 Å². The zero-order valence-corrected chi connectivity index (χ0v) is 7.44. The molecule has 0 aliphatic heterocycles. The molecule has 68 valence electrons. The van der Waals surface area contributed by atoms with Crippen LogP contribution in [0.25, 0.3) is 4.85 Å². The maximum Gasteiger partial charge on any atom is 0.359 e. The molecule has 0 saturated heterocycles. The third-order valence-electron chi connectivity index (χ3n) is 1.53. The van der Waals surface area contributed by atoms with Crippen molar-refractivity contribution in [3.05, 3.63) is 28.9 Å². The van der Waals surface area contributed by atoms with Crippen LogP contribution in [0.1, 0.15) is 16.1 Å². The number of hydrogen-bond donors (Lipinski definition) is 0. The number of carbonyl (C=O) groups excluding carboxylic acids is 1. The molecule has 0 aliphatic rings. The van der Waals surface area contributed by atoms with Gasteiger partial charge in [0.1, 0.15) is 0 Å². The van der Waals surface area contributed by atoms with Crippen LogP contribution in [0.3, 0.4) is 0 Å². The molecule has 0 N–H and O–H groups in total. The maximum absolute atomic E-state index is 11.1. The average molecular weight is 179 g/mol. The molecular weight excluding hydrogens is 170 g/mol. The molecule has 0 aromatic carbocycles. The first-order chi connectivity index (χ1) is 6.19. The standard InChI is InChI=1S/C8H9N3O2/c1-9-4-6-5-11(2)10-7(6)8(12)13-3/h5H,4H2,2-3H3. The predicted molar refractivity (Wildman–Crippen MR) is 44.9 cm³/mol. The van der Waals surface area contributed by atoms with Gasteiger partial charge in [-0.05, 0) is 0 Å². The monoisotopic (exact) mass is 179 g/mol. The molecule has 13 heavy (non-hydrogen) atoms. The SMILES string of the molecule is [C-]#[N+]Cc1cn(C)nc1C(=O)OC. The van der Waals surface area contributed by atoms with E-state index in [0.717, 1.165) is 0 Å². The summed E-state index contributed by atoms with van der Waals surface area (Å²) in [4.78, 5) is 14.3. The number of esters is 1. The molecule has 1 aromatic heterocycles. The van der Waals surface area contributed by atoms with Crippen LogP contribution < -0.4 is 0 Å². The van der Waals surface area contributed by atoms with Gasteiger partial charge in [-0.2, -0.15) is 5.10 Å². The van der Waals surface area contributed by atoms with E-state index in [1.807, 2.05) is 0 Å². The number of rotatable bonds is 2. The number of methoxy groups -OCH3 is 1. The van der Waals surface area contributed by atoms with Gasteiger partial charge in [0, 0.05) is 13.2 Å². The highest BCUT2D eigenvalue weighted by Gasteiger charge is 2.17. The average Bonchev–Trinajstić information content (AvgIpc) is 2.46. The highest BCUT2D eigenvalue weighted by molar-refractivity contribution is 5.88. The van der Waals surface area contributed by atoms with Crippen LogP contribution in [0.4, 0.5) is 0 Å². The molecule has 0 fully saturated rings. The summed E-state index contributed by atoms with van der Waals surface area (Å²) in [5.41, 5.74) is 0.824. The third kappa shape index (κ3) is 1.85. The number of aryl methyl sites for hydroxylation is 1. The summed E-state index contributed by atoms with van der Waals surface area (Å²) in [6, 6.07) is 0. The summed E-state index contributed by atoms with van der Waals surface area (Å²) < 4.78 is 6.01. The van der Waals surface area contributed by atoms with Crippen LogP contribution in [0, 0.1) is 6.57 Å². The Bertz CT molecular complexity index is 362. The number of aromatic nitrogens is 2. The van der Waals surface area contributed by atoms with Crippen molar-refractivity contribution in [2.45, 2.75) is 6.54 Å². The van der Waals surface area contributed by atoms with Crippen molar-refractivity contribution in [2.24, 2.45) is 7.05 Å². The van der Waals surface area contributed by atoms with Crippen molar-refractivity contribution >= 4 is 5.97 Å². The summed E-state index contributed by atoms with van der Waals surface area (Å²) in [7, 11) is 2.98. The Hall–Kier alpha value is -1.83. The molecule has 0 atom stereocenters. The van der Waals surface area contributed by atoms with E-state index in [9.17, 15) is 4.79 Å². The van der Waals surface area contributed by atoms with E-state index in [-0.39, 0.29) is 12.2 Å². The molecule has 1 heterocycles. The van der Waals surface area contributed by atoms with Crippen LogP contribution in [0.2, 0.25) is 0 Å². The fourth-order valence-electron chi connectivity index (χ4n) is 1.01. The maximum atomic E-state index is 11.1. The fourth-order valence-corrected chi connectivity index (χ4v) is 1.01. The van der Waals surface area contributed by atoms with Gasteiger partial charge in [-0.1, -0.05) is 0 Å². The van der Waals surface area contributed by atoms with Crippen molar-refractivity contribution in [2.75, 3.05) is 7.11 Å². The van der Waals surface area contributed by atoms with Crippen molar-refractivity contribution in [3.63, 3.8) is 0 Å². The Morgan fingerprint density at radius 3 is 3.08 bits per heavy atom. The number of nitrogens with zero attached hydrogens (tertiary/aromatic N) is 3. The molecule has 1 rings (SSSR count). The Morgan fingerprint density at radius 1 is 1.85 bits per heavy atom. The minimum Gasteiger partial charge on any atom is -0.464 e. The molecule has 0 radical (unpaired) electrons. The van der Waals surface area contributed by atoms with E-state index in [1.54, 1.807) is 13.2 Å². The summed E-state index contributed by atoms with van der Waals surface area (Å²) in [5, 5.41) is 3.90. The molecule has 0 bridgehead atoms. The second kappa shape index (κ2) is 3.72. The van der Waals surface area contributed by atoms with Crippen molar-refractivity contribution in [1.29, 1.82) is 0 Å². The van der Waals surface area contributed by atoms with E-state index < -0.39 is 5.97 Å². The van der Waals surface area contributed by atoms with Gasteiger partial charge in [0.2, 0.25) is 6.54 Å².